The van der Waals surface area contributed by atoms with Gasteiger partial charge in [-0.25, -0.2) is 4.39 Å². The molecule has 1 aromatic rings. The first-order valence-corrected chi connectivity index (χ1v) is 7.40. The Hall–Kier alpha value is -1.69. The molecular weight excluding hydrogens is 292 g/mol. The third-order valence-electron chi connectivity index (χ3n) is 4.53. The lowest BCUT2D eigenvalue weighted by molar-refractivity contribution is -0.153. The van der Waals surface area contributed by atoms with Crippen molar-refractivity contribution in [3.63, 3.8) is 0 Å². The Kier molecular flexibility index (Phi) is 5.01. The molecule has 4 nitrogen and oxygen atoms in total. The summed E-state index contributed by atoms with van der Waals surface area (Å²) in [7, 11) is 1.28. The number of carboxylic acids is 1. The summed E-state index contributed by atoms with van der Waals surface area (Å²) in [6.45, 7) is 3.08. The number of benzene rings is 1. The highest BCUT2D eigenvalue weighted by molar-refractivity contribution is 5.75. The van der Waals surface area contributed by atoms with Gasteiger partial charge in [-0.3, -0.25) is 9.69 Å². The summed E-state index contributed by atoms with van der Waals surface area (Å²) in [6.07, 6.45) is 1.88. The van der Waals surface area contributed by atoms with Gasteiger partial charge in [-0.1, -0.05) is 13.0 Å². The third-order valence-corrected chi connectivity index (χ3v) is 4.53. The van der Waals surface area contributed by atoms with E-state index in [0.29, 0.717) is 25.9 Å². The Labute approximate surface area is 128 Å². The molecule has 1 aliphatic heterocycles. The highest BCUT2D eigenvalue weighted by Gasteiger charge is 2.40. The van der Waals surface area contributed by atoms with Gasteiger partial charge in [0.05, 0.1) is 12.5 Å². The average Bonchev–Trinajstić information content (AvgIpc) is 2.52. The molecule has 1 N–H and O–H groups in total. The quantitative estimate of drug-likeness (QED) is 0.908. The number of carboxylic acid groups (broad SMARTS) is 1. The van der Waals surface area contributed by atoms with Crippen molar-refractivity contribution in [1.29, 1.82) is 0 Å². The topological polar surface area (TPSA) is 49.8 Å². The van der Waals surface area contributed by atoms with Gasteiger partial charge in [0.25, 0.3) is 0 Å². The van der Waals surface area contributed by atoms with E-state index < -0.39 is 23.0 Å². The van der Waals surface area contributed by atoms with Crippen molar-refractivity contribution < 1.29 is 23.4 Å². The summed E-state index contributed by atoms with van der Waals surface area (Å²) in [5.41, 5.74) is -0.574. The maximum atomic E-state index is 14.0. The van der Waals surface area contributed by atoms with E-state index in [4.69, 9.17) is 4.74 Å². The molecule has 0 bridgehead atoms. The minimum absolute atomic E-state index is 0.131. The number of rotatable bonds is 5. The summed E-state index contributed by atoms with van der Waals surface area (Å²) in [6, 6.07) is 2.88. The lowest BCUT2D eigenvalue weighted by atomic mass is 9.77. The molecule has 1 atom stereocenters. The fraction of sp³-hybridized carbons (Fsp3) is 0.562. The van der Waals surface area contributed by atoms with Crippen molar-refractivity contribution in [2.24, 2.45) is 5.41 Å². The van der Waals surface area contributed by atoms with Crippen LogP contribution in [-0.4, -0.2) is 36.2 Å². The van der Waals surface area contributed by atoms with Gasteiger partial charge >= 0.3 is 5.97 Å². The first kappa shape index (κ1) is 16.7. The summed E-state index contributed by atoms with van der Waals surface area (Å²) in [5.74, 6) is -2.88. The summed E-state index contributed by atoms with van der Waals surface area (Å²) in [5, 5.41) is 9.46. The van der Waals surface area contributed by atoms with E-state index in [-0.39, 0.29) is 17.9 Å². The van der Waals surface area contributed by atoms with Gasteiger partial charge in [0, 0.05) is 18.7 Å². The van der Waals surface area contributed by atoms with Gasteiger partial charge < -0.3 is 9.84 Å². The number of carbonyl (C=O) groups is 1. The zero-order valence-electron chi connectivity index (χ0n) is 12.9. The molecule has 1 aromatic carbocycles. The van der Waals surface area contributed by atoms with Crippen LogP contribution in [0.4, 0.5) is 8.78 Å². The van der Waals surface area contributed by atoms with Crippen LogP contribution in [-0.2, 0) is 11.3 Å². The van der Waals surface area contributed by atoms with Crippen LogP contribution in [0.3, 0.4) is 0 Å². The number of likely N-dealkylation sites (tertiary alicyclic amines) is 1. The molecule has 1 heterocycles. The number of methoxy groups -OCH3 is 1. The van der Waals surface area contributed by atoms with Crippen molar-refractivity contribution in [2.75, 3.05) is 20.2 Å². The highest BCUT2D eigenvalue weighted by atomic mass is 19.2. The SMILES string of the molecule is CC[C@]1(C(=O)O)CCCN(Cc2ccc(OC)c(F)c2F)C1. The van der Waals surface area contributed by atoms with Crippen LogP contribution in [0.25, 0.3) is 0 Å². The molecule has 1 fully saturated rings. The largest absolute Gasteiger partial charge is 0.494 e. The molecule has 1 saturated heterocycles. The fourth-order valence-electron chi connectivity index (χ4n) is 3.07. The zero-order chi connectivity index (χ0) is 16.3. The molecule has 0 aromatic heterocycles. The fourth-order valence-corrected chi connectivity index (χ4v) is 3.07. The number of halogens is 2. The minimum Gasteiger partial charge on any atom is -0.494 e. The lowest BCUT2D eigenvalue weighted by Crippen LogP contribution is -2.47. The normalized spacial score (nSPS) is 22.5. The first-order valence-electron chi connectivity index (χ1n) is 7.40. The molecule has 0 radical (unpaired) electrons. The molecule has 1 aliphatic rings. The molecule has 122 valence electrons. The molecule has 22 heavy (non-hydrogen) atoms. The number of ether oxygens (including phenoxy) is 1. The van der Waals surface area contributed by atoms with E-state index in [0.717, 1.165) is 6.42 Å². The monoisotopic (exact) mass is 313 g/mol. The Morgan fingerprint density at radius 3 is 2.73 bits per heavy atom. The van der Waals surface area contributed by atoms with Crippen LogP contribution in [0.2, 0.25) is 0 Å². The van der Waals surface area contributed by atoms with Gasteiger partial charge in [0.15, 0.2) is 11.6 Å². The second-order valence-electron chi connectivity index (χ2n) is 5.81. The average molecular weight is 313 g/mol. The van der Waals surface area contributed by atoms with E-state index in [9.17, 15) is 18.7 Å². The van der Waals surface area contributed by atoms with Crippen LogP contribution < -0.4 is 4.74 Å². The standard InChI is InChI=1S/C16H21F2NO3/c1-3-16(15(20)21)7-4-8-19(10-16)9-11-5-6-12(22-2)14(18)13(11)17/h5-6H,3-4,7-10H2,1-2H3,(H,20,21)/t16-/m0/s1. The Morgan fingerprint density at radius 1 is 1.41 bits per heavy atom. The van der Waals surface area contributed by atoms with E-state index in [2.05, 4.69) is 0 Å². The predicted molar refractivity (Wildman–Crippen MR) is 77.8 cm³/mol. The molecular formula is C16H21F2NO3. The van der Waals surface area contributed by atoms with E-state index in [1.54, 1.807) is 0 Å². The third kappa shape index (κ3) is 3.06. The molecule has 2 rings (SSSR count). The van der Waals surface area contributed by atoms with E-state index >= 15 is 0 Å². The first-order chi connectivity index (χ1) is 10.4. The van der Waals surface area contributed by atoms with Crippen molar-refractivity contribution in [3.8, 4) is 5.75 Å². The lowest BCUT2D eigenvalue weighted by Gasteiger charge is -2.39. The van der Waals surface area contributed by atoms with E-state index in [1.807, 2.05) is 11.8 Å². The molecule has 0 amide bonds. The molecule has 0 aliphatic carbocycles. The molecule has 6 heteroatoms. The highest BCUT2D eigenvalue weighted by Crippen LogP contribution is 2.34. The van der Waals surface area contributed by atoms with Crippen molar-refractivity contribution in [3.05, 3.63) is 29.3 Å². The van der Waals surface area contributed by atoms with Crippen molar-refractivity contribution in [2.45, 2.75) is 32.7 Å². The summed E-state index contributed by atoms with van der Waals surface area (Å²) in [4.78, 5) is 13.4. The minimum atomic E-state index is -1.00. The van der Waals surface area contributed by atoms with Crippen LogP contribution in [0.5, 0.6) is 5.75 Å². The van der Waals surface area contributed by atoms with Crippen LogP contribution in [0.15, 0.2) is 12.1 Å². The second-order valence-corrected chi connectivity index (χ2v) is 5.81. The summed E-state index contributed by atoms with van der Waals surface area (Å²) < 4.78 is 32.5. The van der Waals surface area contributed by atoms with Gasteiger partial charge in [-0.15, -0.1) is 0 Å². The second kappa shape index (κ2) is 6.60. The number of hydrogen-bond acceptors (Lipinski definition) is 3. The van der Waals surface area contributed by atoms with Crippen LogP contribution in [0.1, 0.15) is 31.7 Å². The van der Waals surface area contributed by atoms with Gasteiger partial charge in [0.2, 0.25) is 5.82 Å². The van der Waals surface area contributed by atoms with Gasteiger partial charge in [-0.2, -0.15) is 4.39 Å². The maximum Gasteiger partial charge on any atom is 0.310 e. The zero-order valence-corrected chi connectivity index (χ0v) is 12.9. The molecule has 0 spiro atoms. The predicted octanol–water partition coefficient (Wildman–Crippen LogP) is 3.05. The Bertz CT molecular complexity index is 565. The van der Waals surface area contributed by atoms with Crippen molar-refractivity contribution in [1.82, 2.24) is 4.90 Å². The Morgan fingerprint density at radius 2 is 2.14 bits per heavy atom. The number of hydrogen-bond donors (Lipinski definition) is 1. The maximum absolute atomic E-state index is 14.0. The van der Waals surface area contributed by atoms with Crippen LogP contribution >= 0.6 is 0 Å². The number of piperidine rings is 1. The number of aliphatic carboxylic acids is 1. The molecule has 0 unspecified atom stereocenters. The smallest absolute Gasteiger partial charge is 0.310 e. The van der Waals surface area contributed by atoms with Crippen LogP contribution in [0, 0.1) is 17.0 Å². The van der Waals surface area contributed by atoms with Crippen molar-refractivity contribution >= 4 is 5.97 Å². The Balaban J connectivity index is 2.17. The van der Waals surface area contributed by atoms with Gasteiger partial charge in [0.1, 0.15) is 0 Å². The summed E-state index contributed by atoms with van der Waals surface area (Å²) >= 11 is 0. The molecule has 0 saturated carbocycles. The van der Waals surface area contributed by atoms with Gasteiger partial charge in [-0.05, 0) is 31.9 Å². The number of nitrogens with zero attached hydrogens (tertiary/aromatic N) is 1. The van der Waals surface area contributed by atoms with E-state index in [1.165, 1.54) is 19.2 Å².